The van der Waals surface area contributed by atoms with E-state index < -0.39 is 5.41 Å². The number of hydrogen-bond acceptors (Lipinski definition) is 3. The van der Waals surface area contributed by atoms with E-state index in [1.54, 1.807) is 0 Å². The van der Waals surface area contributed by atoms with Crippen LogP contribution in [0.1, 0.15) is 46.5 Å². The number of hydrogen-bond donors (Lipinski definition) is 0. The summed E-state index contributed by atoms with van der Waals surface area (Å²) in [6.07, 6.45) is 3.12. The molecule has 5 nitrogen and oxygen atoms in total. The van der Waals surface area contributed by atoms with Gasteiger partial charge in [-0.05, 0) is 33.1 Å². The van der Waals surface area contributed by atoms with E-state index in [2.05, 4.69) is 28.1 Å². The molecule has 0 spiro atoms. The van der Waals surface area contributed by atoms with E-state index in [1.165, 1.54) is 0 Å². The minimum Gasteiger partial charge on any atom is -0.459 e. The summed E-state index contributed by atoms with van der Waals surface area (Å²) in [5.74, 6) is 0.0621. The van der Waals surface area contributed by atoms with Gasteiger partial charge in [0.1, 0.15) is 13.2 Å². The number of amides is 1. The summed E-state index contributed by atoms with van der Waals surface area (Å²) in [6.45, 7) is 7.97. The molecule has 1 aliphatic heterocycles. The predicted molar refractivity (Wildman–Crippen MR) is 87.3 cm³/mol. The second kappa shape index (κ2) is 7.44. The topological polar surface area (TPSA) is 46.6 Å². The molecule has 1 rings (SSSR count). The van der Waals surface area contributed by atoms with E-state index >= 15 is 0 Å². The van der Waals surface area contributed by atoms with Gasteiger partial charge in [-0.25, -0.2) is 0 Å². The highest BCUT2D eigenvalue weighted by molar-refractivity contribution is 5.79. The van der Waals surface area contributed by atoms with Crippen molar-refractivity contribution in [3.8, 4) is 0 Å². The van der Waals surface area contributed by atoms with Crippen LogP contribution in [0.4, 0.5) is 0 Å². The highest BCUT2D eigenvalue weighted by Crippen LogP contribution is 2.30. The van der Waals surface area contributed by atoms with Gasteiger partial charge in [-0.3, -0.25) is 9.59 Å². The molecule has 1 aliphatic rings. The molecule has 128 valence electrons. The van der Waals surface area contributed by atoms with E-state index in [1.807, 2.05) is 18.7 Å². The molecule has 0 N–H and O–H groups in total. The van der Waals surface area contributed by atoms with E-state index in [-0.39, 0.29) is 17.9 Å². The molecule has 0 aromatic rings. The average Bonchev–Trinajstić information content (AvgIpc) is 2.80. The van der Waals surface area contributed by atoms with Gasteiger partial charge < -0.3 is 14.1 Å². The molecule has 5 heteroatoms. The summed E-state index contributed by atoms with van der Waals surface area (Å²) >= 11 is 0. The standard InChI is InChI=1S/C17H33N2O3/c1-7-14(18-10-8-9-15(18)20)13-17(2,3)16(21)22-12-11-19(4,5)6/h14H,7-13H2,1-6H3/q+1. The van der Waals surface area contributed by atoms with Gasteiger partial charge >= 0.3 is 5.97 Å². The number of carbonyl (C=O) groups is 2. The summed E-state index contributed by atoms with van der Waals surface area (Å²) in [6, 6.07) is 0.135. The Kier molecular flexibility index (Phi) is 6.41. The molecule has 22 heavy (non-hydrogen) atoms. The van der Waals surface area contributed by atoms with Gasteiger partial charge in [0, 0.05) is 19.0 Å². The lowest BCUT2D eigenvalue weighted by atomic mass is 9.84. The molecule has 1 atom stereocenters. The van der Waals surface area contributed by atoms with Gasteiger partial charge in [0.25, 0.3) is 0 Å². The molecule has 0 aromatic heterocycles. The number of nitrogens with zero attached hydrogens (tertiary/aromatic N) is 2. The van der Waals surface area contributed by atoms with Gasteiger partial charge in [0.05, 0.1) is 26.6 Å². The lowest BCUT2D eigenvalue weighted by molar-refractivity contribution is -0.870. The number of rotatable bonds is 8. The Bertz CT molecular complexity index is 399. The van der Waals surface area contributed by atoms with Gasteiger partial charge in [-0.2, -0.15) is 0 Å². The Hall–Kier alpha value is -1.10. The minimum atomic E-state index is -0.561. The monoisotopic (exact) mass is 313 g/mol. The number of ether oxygens (including phenoxy) is 1. The first-order valence-corrected chi connectivity index (χ1v) is 8.34. The third-order valence-corrected chi connectivity index (χ3v) is 4.32. The first kappa shape index (κ1) is 18.9. The molecule has 0 bridgehead atoms. The van der Waals surface area contributed by atoms with Crippen LogP contribution in [0, 0.1) is 5.41 Å². The molecular weight excluding hydrogens is 280 g/mol. The highest BCUT2D eigenvalue weighted by atomic mass is 16.5. The van der Waals surface area contributed by atoms with E-state index in [4.69, 9.17) is 4.74 Å². The van der Waals surface area contributed by atoms with Gasteiger partial charge in [-0.15, -0.1) is 0 Å². The number of quaternary nitrogens is 1. The third kappa shape index (κ3) is 5.59. The van der Waals surface area contributed by atoms with Crippen LogP contribution in [0.2, 0.25) is 0 Å². The van der Waals surface area contributed by atoms with Crippen molar-refractivity contribution in [2.75, 3.05) is 40.8 Å². The fraction of sp³-hybridized carbons (Fsp3) is 0.882. The zero-order valence-electron chi connectivity index (χ0n) is 15.1. The molecule has 1 amide bonds. The Morgan fingerprint density at radius 2 is 2.00 bits per heavy atom. The Morgan fingerprint density at radius 1 is 1.36 bits per heavy atom. The van der Waals surface area contributed by atoms with Crippen molar-refractivity contribution in [3.63, 3.8) is 0 Å². The van der Waals surface area contributed by atoms with Crippen molar-refractivity contribution < 1.29 is 18.8 Å². The van der Waals surface area contributed by atoms with Gasteiger partial charge in [0.2, 0.25) is 5.91 Å². The molecular formula is C17H33N2O3+. The Balaban J connectivity index is 2.56. The summed E-state index contributed by atoms with van der Waals surface area (Å²) in [5, 5.41) is 0. The van der Waals surface area contributed by atoms with Gasteiger partial charge in [-0.1, -0.05) is 6.92 Å². The van der Waals surface area contributed by atoms with Crippen molar-refractivity contribution in [3.05, 3.63) is 0 Å². The van der Waals surface area contributed by atoms with Crippen LogP contribution in [0.3, 0.4) is 0 Å². The highest BCUT2D eigenvalue weighted by Gasteiger charge is 2.36. The van der Waals surface area contributed by atoms with Crippen molar-refractivity contribution in [2.24, 2.45) is 5.41 Å². The molecule has 0 saturated carbocycles. The average molecular weight is 313 g/mol. The zero-order chi connectivity index (χ0) is 17.0. The maximum atomic E-state index is 12.4. The fourth-order valence-electron chi connectivity index (χ4n) is 2.81. The quantitative estimate of drug-likeness (QED) is 0.509. The first-order valence-electron chi connectivity index (χ1n) is 8.34. The second-order valence-corrected chi connectivity index (χ2v) is 7.99. The normalized spacial score (nSPS) is 17.7. The lowest BCUT2D eigenvalue weighted by Gasteiger charge is -2.33. The van der Waals surface area contributed by atoms with E-state index in [9.17, 15) is 9.59 Å². The molecule has 1 heterocycles. The molecule has 0 aliphatic carbocycles. The third-order valence-electron chi connectivity index (χ3n) is 4.32. The lowest BCUT2D eigenvalue weighted by Crippen LogP contribution is -2.42. The summed E-state index contributed by atoms with van der Waals surface area (Å²) in [7, 11) is 6.22. The maximum absolute atomic E-state index is 12.4. The van der Waals surface area contributed by atoms with Crippen molar-refractivity contribution in [1.29, 1.82) is 0 Å². The second-order valence-electron chi connectivity index (χ2n) is 7.99. The van der Waals surface area contributed by atoms with Crippen molar-refractivity contribution >= 4 is 11.9 Å². The molecule has 1 fully saturated rings. The van der Waals surface area contributed by atoms with Crippen LogP contribution >= 0.6 is 0 Å². The summed E-state index contributed by atoms with van der Waals surface area (Å²) in [4.78, 5) is 26.2. The number of likely N-dealkylation sites (tertiary alicyclic amines) is 1. The van der Waals surface area contributed by atoms with Crippen LogP contribution in [0.15, 0.2) is 0 Å². The molecule has 1 saturated heterocycles. The number of likely N-dealkylation sites (N-methyl/N-ethyl adjacent to an activating group) is 1. The largest absolute Gasteiger partial charge is 0.459 e. The smallest absolute Gasteiger partial charge is 0.311 e. The molecule has 1 unspecified atom stereocenters. The van der Waals surface area contributed by atoms with Crippen molar-refractivity contribution in [1.82, 2.24) is 4.90 Å². The van der Waals surface area contributed by atoms with Crippen LogP contribution in [-0.4, -0.2) is 68.1 Å². The predicted octanol–water partition coefficient (Wildman–Crippen LogP) is 2.05. The summed E-state index contributed by atoms with van der Waals surface area (Å²) in [5.41, 5.74) is -0.561. The molecule has 0 radical (unpaired) electrons. The maximum Gasteiger partial charge on any atom is 0.311 e. The number of esters is 1. The molecule has 0 aromatic carbocycles. The van der Waals surface area contributed by atoms with E-state index in [0.717, 1.165) is 30.4 Å². The first-order chi connectivity index (χ1) is 10.1. The summed E-state index contributed by atoms with van der Waals surface area (Å²) < 4.78 is 6.23. The van der Waals surface area contributed by atoms with Gasteiger partial charge in [0.15, 0.2) is 0 Å². The van der Waals surface area contributed by atoms with Crippen LogP contribution in [-0.2, 0) is 14.3 Å². The van der Waals surface area contributed by atoms with Crippen LogP contribution < -0.4 is 0 Å². The SMILES string of the molecule is CCC(CC(C)(C)C(=O)OCC[N+](C)(C)C)N1CCCC1=O. The van der Waals surface area contributed by atoms with Crippen LogP contribution in [0.25, 0.3) is 0 Å². The minimum absolute atomic E-state index is 0.135. The number of carbonyl (C=O) groups excluding carboxylic acids is 2. The zero-order valence-corrected chi connectivity index (χ0v) is 15.1. The fourth-order valence-corrected chi connectivity index (χ4v) is 2.81. The van der Waals surface area contributed by atoms with Crippen LogP contribution in [0.5, 0.6) is 0 Å². The van der Waals surface area contributed by atoms with E-state index in [0.29, 0.717) is 19.4 Å². The Morgan fingerprint density at radius 3 is 2.45 bits per heavy atom. The Labute approximate surface area is 135 Å². The van der Waals surface area contributed by atoms with Crippen molar-refractivity contribution in [2.45, 2.75) is 52.5 Å².